The number of para-hydroxylation sites is 2. The van der Waals surface area contributed by atoms with Gasteiger partial charge in [-0.05, 0) is 37.1 Å². The van der Waals surface area contributed by atoms with E-state index >= 15 is 0 Å². The highest BCUT2D eigenvalue weighted by Gasteiger charge is 2.33. The number of nitrogens with one attached hydrogen (secondary N) is 1. The Kier molecular flexibility index (Phi) is 6.09. The minimum Gasteiger partial charge on any atom is -0.404 e. The Bertz CT molecular complexity index is 875. The van der Waals surface area contributed by atoms with Gasteiger partial charge in [0.15, 0.2) is 5.75 Å². The van der Waals surface area contributed by atoms with E-state index in [0.29, 0.717) is 31.7 Å². The van der Waals surface area contributed by atoms with Crippen LogP contribution in [0.1, 0.15) is 18.4 Å². The molecule has 1 amide bonds. The number of rotatable bonds is 4. The van der Waals surface area contributed by atoms with Crippen molar-refractivity contribution in [3.05, 3.63) is 48.2 Å². The molecule has 5 nitrogen and oxygen atoms in total. The quantitative estimate of drug-likeness (QED) is 0.701. The van der Waals surface area contributed by atoms with Crippen LogP contribution in [-0.2, 0) is 11.0 Å². The van der Waals surface area contributed by atoms with Gasteiger partial charge in [0.2, 0.25) is 5.91 Å². The lowest BCUT2D eigenvalue weighted by atomic mass is 9.95. The number of hydrogen-bond donors (Lipinski definition) is 1. The Hall–Kier alpha value is -2.98. The molecule has 1 aromatic heterocycles. The van der Waals surface area contributed by atoms with Gasteiger partial charge in [-0.1, -0.05) is 12.1 Å². The predicted molar refractivity (Wildman–Crippen MR) is 95.9 cm³/mol. The van der Waals surface area contributed by atoms with Crippen molar-refractivity contribution in [2.24, 2.45) is 5.92 Å². The van der Waals surface area contributed by atoms with Crippen LogP contribution in [0.5, 0.6) is 5.75 Å². The summed E-state index contributed by atoms with van der Waals surface area (Å²) in [6.45, 7) is 0.744. The summed E-state index contributed by atoms with van der Waals surface area (Å²) in [7, 11) is 0. The van der Waals surface area contributed by atoms with Gasteiger partial charge in [0.25, 0.3) is 0 Å². The molecule has 1 saturated heterocycles. The Balaban J connectivity index is 1.59. The van der Waals surface area contributed by atoms with Crippen molar-refractivity contribution in [3.8, 4) is 5.75 Å². The topological polar surface area (TPSA) is 54.5 Å². The monoisotopic (exact) mass is 433 g/mol. The van der Waals surface area contributed by atoms with E-state index < -0.39 is 35.7 Å². The molecular formula is C19H17F6N3O2. The number of halogens is 6. The molecule has 30 heavy (non-hydrogen) atoms. The number of pyridine rings is 1. The second-order valence-electron chi connectivity index (χ2n) is 6.70. The molecule has 0 aliphatic carbocycles. The number of benzene rings is 1. The summed E-state index contributed by atoms with van der Waals surface area (Å²) in [5.74, 6) is -1.06. The van der Waals surface area contributed by atoms with Crippen LogP contribution >= 0.6 is 0 Å². The van der Waals surface area contributed by atoms with E-state index in [2.05, 4.69) is 15.0 Å². The first-order chi connectivity index (χ1) is 14.0. The fourth-order valence-electron chi connectivity index (χ4n) is 3.13. The molecule has 162 valence electrons. The summed E-state index contributed by atoms with van der Waals surface area (Å²) >= 11 is 0. The summed E-state index contributed by atoms with van der Waals surface area (Å²) in [6.07, 6.45) is -7.86. The van der Waals surface area contributed by atoms with E-state index in [9.17, 15) is 31.1 Å². The number of carbonyl (C=O) groups is 1. The highest BCUT2D eigenvalue weighted by atomic mass is 19.4. The van der Waals surface area contributed by atoms with Crippen LogP contribution in [0.25, 0.3) is 0 Å². The number of carbonyl (C=O) groups excluding carboxylic acids is 1. The first-order valence-corrected chi connectivity index (χ1v) is 8.97. The van der Waals surface area contributed by atoms with Gasteiger partial charge in [0.1, 0.15) is 5.82 Å². The standard InChI is InChI=1S/C19H17F6N3O2/c20-18(21,22)13-5-6-16(26-11-13)28-9-7-12(8-10-28)17(29)27-14-3-1-2-4-15(14)30-19(23,24)25/h1-6,11-12H,7-10H2,(H,27,29). The van der Waals surface area contributed by atoms with Crippen molar-refractivity contribution < 1.29 is 35.9 Å². The third-order valence-corrected chi connectivity index (χ3v) is 4.64. The molecule has 0 atom stereocenters. The summed E-state index contributed by atoms with van der Waals surface area (Å²) in [6, 6.07) is 7.44. The van der Waals surface area contributed by atoms with Crippen LogP contribution in [0.4, 0.5) is 37.8 Å². The van der Waals surface area contributed by atoms with Crippen molar-refractivity contribution in [3.63, 3.8) is 0 Å². The average molecular weight is 433 g/mol. The second-order valence-corrected chi connectivity index (χ2v) is 6.70. The molecule has 1 aliphatic rings. The smallest absolute Gasteiger partial charge is 0.404 e. The number of nitrogens with zero attached hydrogens (tertiary/aromatic N) is 2. The molecule has 1 aliphatic heterocycles. The molecule has 0 bridgehead atoms. The maximum absolute atomic E-state index is 12.6. The number of aromatic nitrogens is 1. The molecule has 2 aromatic rings. The van der Waals surface area contributed by atoms with Gasteiger partial charge in [-0.2, -0.15) is 13.2 Å². The Morgan fingerprint density at radius 2 is 1.70 bits per heavy atom. The molecule has 3 rings (SSSR count). The van der Waals surface area contributed by atoms with Crippen molar-refractivity contribution in [2.45, 2.75) is 25.4 Å². The van der Waals surface area contributed by atoms with Crippen molar-refractivity contribution >= 4 is 17.4 Å². The van der Waals surface area contributed by atoms with Gasteiger partial charge in [0, 0.05) is 25.2 Å². The van der Waals surface area contributed by atoms with E-state index in [1.807, 2.05) is 0 Å². The van der Waals surface area contributed by atoms with Crippen LogP contribution < -0.4 is 15.0 Å². The Morgan fingerprint density at radius 3 is 2.27 bits per heavy atom. The van der Waals surface area contributed by atoms with Crippen LogP contribution in [0.15, 0.2) is 42.6 Å². The fraction of sp³-hybridized carbons (Fsp3) is 0.368. The lowest BCUT2D eigenvalue weighted by molar-refractivity contribution is -0.274. The van der Waals surface area contributed by atoms with E-state index in [-0.39, 0.29) is 5.69 Å². The zero-order valence-corrected chi connectivity index (χ0v) is 15.4. The molecule has 2 heterocycles. The van der Waals surface area contributed by atoms with Gasteiger partial charge in [-0.25, -0.2) is 4.98 Å². The van der Waals surface area contributed by atoms with E-state index in [0.717, 1.165) is 18.3 Å². The first-order valence-electron chi connectivity index (χ1n) is 8.97. The third-order valence-electron chi connectivity index (χ3n) is 4.64. The number of anilines is 2. The summed E-state index contributed by atoms with van der Waals surface area (Å²) in [4.78, 5) is 18.1. The Morgan fingerprint density at radius 1 is 1.03 bits per heavy atom. The normalized spacial score (nSPS) is 15.7. The van der Waals surface area contributed by atoms with Crippen LogP contribution in [0.3, 0.4) is 0 Å². The van der Waals surface area contributed by atoms with E-state index in [4.69, 9.17) is 0 Å². The number of piperidine rings is 1. The van der Waals surface area contributed by atoms with Crippen molar-refractivity contribution in [1.82, 2.24) is 4.98 Å². The number of alkyl halides is 6. The second kappa shape index (κ2) is 8.41. The van der Waals surface area contributed by atoms with Crippen molar-refractivity contribution in [1.29, 1.82) is 0 Å². The van der Waals surface area contributed by atoms with E-state index in [1.54, 1.807) is 4.90 Å². The molecule has 0 radical (unpaired) electrons. The third kappa shape index (κ3) is 5.55. The van der Waals surface area contributed by atoms with Crippen LogP contribution in [0, 0.1) is 5.92 Å². The molecular weight excluding hydrogens is 416 g/mol. The SMILES string of the molecule is O=C(Nc1ccccc1OC(F)(F)F)C1CCN(c2ccc(C(F)(F)F)cn2)CC1. The number of hydrogen-bond acceptors (Lipinski definition) is 4. The van der Waals surface area contributed by atoms with E-state index in [1.165, 1.54) is 24.3 Å². The van der Waals surface area contributed by atoms with Gasteiger partial charge >= 0.3 is 12.5 Å². The molecule has 0 spiro atoms. The number of ether oxygens (including phenoxy) is 1. The zero-order chi connectivity index (χ0) is 21.9. The summed E-state index contributed by atoms with van der Waals surface area (Å²) in [5, 5.41) is 2.46. The van der Waals surface area contributed by atoms with Crippen LogP contribution in [-0.4, -0.2) is 30.3 Å². The maximum atomic E-state index is 12.6. The summed E-state index contributed by atoms with van der Waals surface area (Å²) in [5.41, 5.74) is -0.938. The molecule has 1 aromatic carbocycles. The average Bonchev–Trinajstić information content (AvgIpc) is 2.68. The summed E-state index contributed by atoms with van der Waals surface area (Å²) < 4.78 is 79.3. The Labute approximate surface area is 167 Å². The first kappa shape index (κ1) is 21.7. The number of amides is 1. The molecule has 1 N–H and O–H groups in total. The molecule has 1 fully saturated rings. The highest BCUT2D eigenvalue weighted by molar-refractivity contribution is 5.94. The minimum absolute atomic E-state index is 0.0911. The van der Waals surface area contributed by atoms with Gasteiger partial charge in [-0.3, -0.25) is 4.79 Å². The largest absolute Gasteiger partial charge is 0.573 e. The van der Waals surface area contributed by atoms with Gasteiger partial charge in [0.05, 0.1) is 11.3 Å². The molecule has 11 heteroatoms. The van der Waals surface area contributed by atoms with Gasteiger partial charge in [-0.15, -0.1) is 13.2 Å². The van der Waals surface area contributed by atoms with Gasteiger partial charge < -0.3 is 15.0 Å². The predicted octanol–water partition coefficient (Wildman–Crippen LogP) is 4.85. The zero-order valence-electron chi connectivity index (χ0n) is 15.4. The molecule has 0 saturated carbocycles. The minimum atomic E-state index is -4.89. The van der Waals surface area contributed by atoms with Crippen LogP contribution in [0.2, 0.25) is 0 Å². The highest BCUT2D eigenvalue weighted by Crippen LogP contribution is 2.32. The lowest BCUT2D eigenvalue weighted by Crippen LogP contribution is -2.38. The lowest BCUT2D eigenvalue weighted by Gasteiger charge is -2.32. The molecule has 0 unspecified atom stereocenters. The fourth-order valence-corrected chi connectivity index (χ4v) is 3.13. The maximum Gasteiger partial charge on any atom is 0.573 e. The van der Waals surface area contributed by atoms with Crippen molar-refractivity contribution in [2.75, 3.05) is 23.3 Å².